The lowest BCUT2D eigenvalue weighted by molar-refractivity contribution is -0.137. The molecule has 0 aliphatic rings. The molecule has 0 heterocycles. The number of ether oxygens (including phenoxy) is 1. The monoisotopic (exact) mass is 525 g/mol. The zero-order chi connectivity index (χ0) is 25.6. The number of anilines is 1. The van der Waals surface area contributed by atoms with Gasteiger partial charge in [-0.05, 0) is 48.0 Å². The van der Waals surface area contributed by atoms with E-state index in [-0.39, 0.29) is 21.2 Å². The van der Waals surface area contributed by atoms with Gasteiger partial charge in [0.2, 0.25) is 0 Å². The number of alkyl halides is 3. The summed E-state index contributed by atoms with van der Waals surface area (Å²) in [6.45, 7) is -0.681. The van der Waals surface area contributed by atoms with Crippen molar-refractivity contribution in [3.8, 4) is 5.75 Å². The Kier molecular flexibility index (Phi) is 8.03. The summed E-state index contributed by atoms with van der Waals surface area (Å²) in [5.41, 5.74) is 1.45. The second-order valence-electron chi connectivity index (χ2n) is 7.06. The number of nitrogens with zero attached hydrogens (tertiary/aromatic N) is 2. The van der Waals surface area contributed by atoms with Crippen LogP contribution in [0.1, 0.15) is 11.1 Å². The van der Waals surface area contributed by atoms with Crippen LogP contribution in [-0.4, -0.2) is 34.2 Å². The van der Waals surface area contributed by atoms with Gasteiger partial charge in [-0.25, -0.2) is 13.8 Å². The van der Waals surface area contributed by atoms with Crippen molar-refractivity contribution in [3.05, 3.63) is 88.9 Å². The second kappa shape index (κ2) is 10.8. The topological polar surface area (TPSA) is 88.1 Å². The molecule has 0 aliphatic heterocycles. The molecular weight excluding hydrogens is 507 g/mol. The van der Waals surface area contributed by atoms with E-state index >= 15 is 0 Å². The molecule has 0 fully saturated rings. The third-order valence-electron chi connectivity index (χ3n) is 4.66. The summed E-state index contributed by atoms with van der Waals surface area (Å²) in [6, 6.07) is 16.0. The highest BCUT2D eigenvalue weighted by Gasteiger charge is 2.30. The fraction of sp³-hybridized carbons (Fsp3) is 0.130. The number of benzene rings is 3. The molecule has 1 amide bonds. The van der Waals surface area contributed by atoms with Gasteiger partial charge in [0.15, 0.2) is 0 Å². The Balaban J connectivity index is 1.85. The standard InChI is InChI=1S/C23H19ClF3N3O4S/c1-34-21-11-10-18(13-20(21)24)30(35(32,33)19-8-3-2-4-9-19)15-22(31)29-28-14-16-6-5-7-17(12-16)23(25,26)27/h2-14H,15H2,1H3,(H,29,31)/b28-14-. The molecule has 3 aromatic carbocycles. The number of rotatable bonds is 8. The third kappa shape index (κ3) is 6.52. The number of carbonyl (C=O) groups is 1. The molecule has 0 saturated carbocycles. The van der Waals surface area contributed by atoms with Crippen molar-refractivity contribution in [1.82, 2.24) is 5.43 Å². The number of halogens is 4. The van der Waals surface area contributed by atoms with E-state index in [4.69, 9.17) is 16.3 Å². The van der Waals surface area contributed by atoms with Crippen molar-refractivity contribution in [2.45, 2.75) is 11.1 Å². The molecule has 0 radical (unpaired) electrons. The Morgan fingerprint density at radius 1 is 1.09 bits per heavy atom. The molecule has 3 rings (SSSR count). The molecule has 1 N–H and O–H groups in total. The number of hydrogen-bond donors (Lipinski definition) is 1. The SMILES string of the molecule is COc1ccc(N(CC(=O)N/N=C\c2cccc(C(F)(F)F)c2)S(=O)(=O)c2ccccc2)cc1Cl. The lowest BCUT2D eigenvalue weighted by Crippen LogP contribution is -2.39. The third-order valence-corrected chi connectivity index (χ3v) is 6.74. The number of sulfonamides is 1. The van der Waals surface area contributed by atoms with Crippen LogP contribution in [-0.2, 0) is 21.0 Å². The minimum absolute atomic E-state index is 0.0628. The average molecular weight is 526 g/mol. The van der Waals surface area contributed by atoms with Crippen molar-refractivity contribution in [3.63, 3.8) is 0 Å². The predicted molar refractivity (Wildman–Crippen MR) is 126 cm³/mol. The summed E-state index contributed by atoms with van der Waals surface area (Å²) >= 11 is 6.15. The maximum atomic E-state index is 13.3. The highest BCUT2D eigenvalue weighted by atomic mass is 35.5. The largest absolute Gasteiger partial charge is 0.495 e. The first-order chi connectivity index (χ1) is 16.5. The van der Waals surface area contributed by atoms with Crippen LogP contribution in [0.15, 0.2) is 82.8 Å². The molecule has 12 heteroatoms. The van der Waals surface area contributed by atoms with E-state index in [1.807, 2.05) is 0 Å². The first-order valence-electron chi connectivity index (χ1n) is 9.93. The van der Waals surface area contributed by atoms with Crippen LogP contribution in [0.4, 0.5) is 18.9 Å². The van der Waals surface area contributed by atoms with Gasteiger partial charge in [-0.1, -0.05) is 41.9 Å². The molecule has 0 saturated heterocycles. The van der Waals surface area contributed by atoms with Gasteiger partial charge in [-0.15, -0.1) is 0 Å². The van der Waals surface area contributed by atoms with E-state index in [1.54, 1.807) is 6.07 Å². The normalized spacial score (nSPS) is 11.9. The van der Waals surface area contributed by atoms with E-state index in [1.165, 1.54) is 61.7 Å². The molecule has 0 spiro atoms. The smallest absolute Gasteiger partial charge is 0.416 e. The fourth-order valence-corrected chi connectivity index (χ4v) is 4.67. The van der Waals surface area contributed by atoms with Gasteiger partial charge in [-0.3, -0.25) is 9.10 Å². The Bertz CT molecular complexity index is 1330. The Hall–Kier alpha value is -3.57. The number of amides is 1. The van der Waals surface area contributed by atoms with Crippen LogP contribution in [0.5, 0.6) is 5.75 Å². The average Bonchev–Trinajstić information content (AvgIpc) is 2.82. The van der Waals surface area contributed by atoms with Crippen LogP contribution in [0.3, 0.4) is 0 Å². The van der Waals surface area contributed by atoms with Gasteiger partial charge >= 0.3 is 6.18 Å². The molecule has 0 bridgehead atoms. The van der Waals surface area contributed by atoms with Crippen LogP contribution >= 0.6 is 11.6 Å². The van der Waals surface area contributed by atoms with Gasteiger partial charge < -0.3 is 4.74 Å². The van der Waals surface area contributed by atoms with E-state index in [2.05, 4.69) is 10.5 Å². The van der Waals surface area contributed by atoms with Gasteiger partial charge in [0.25, 0.3) is 15.9 Å². The van der Waals surface area contributed by atoms with Gasteiger partial charge in [0.05, 0.1) is 34.5 Å². The molecule has 3 aromatic rings. The summed E-state index contributed by atoms with van der Waals surface area (Å²) in [5, 5.41) is 3.78. The van der Waals surface area contributed by atoms with Crippen molar-refractivity contribution >= 4 is 39.4 Å². The van der Waals surface area contributed by atoms with E-state index in [0.717, 1.165) is 22.7 Å². The first-order valence-corrected chi connectivity index (χ1v) is 11.7. The molecule has 0 atom stereocenters. The van der Waals surface area contributed by atoms with Crippen LogP contribution in [0, 0.1) is 0 Å². The van der Waals surface area contributed by atoms with Gasteiger partial charge in [0, 0.05) is 0 Å². The van der Waals surface area contributed by atoms with Crippen molar-refractivity contribution in [2.75, 3.05) is 18.0 Å². The van der Waals surface area contributed by atoms with E-state index in [9.17, 15) is 26.4 Å². The number of hydrazone groups is 1. The number of hydrogen-bond acceptors (Lipinski definition) is 5. The van der Waals surface area contributed by atoms with E-state index in [0.29, 0.717) is 5.75 Å². The highest BCUT2D eigenvalue weighted by Crippen LogP contribution is 2.32. The van der Waals surface area contributed by atoms with E-state index < -0.39 is 34.2 Å². The zero-order valence-corrected chi connectivity index (χ0v) is 19.7. The highest BCUT2D eigenvalue weighted by molar-refractivity contribution is 7.92. The van der Waals surface area contributed by atoms with Gasteiger partial charge in [-0.2, -0.15) is 18.3 Å². The summed E-state index contributed by atoms with van der Waals surface area (Å²) in [4.78, 5) is 12.5. The summed E-state index contributed by atoms with van der Waals surface area (Å²) in [7, 11) is -2.79. The molecule has 0 aliphatic carbocycles. The lowest BCUT2D eigenvalue weighted by Gasteiger charge is -2.24. The maximum Gasteiger partial charge on any atom is 0.416 e. The maximum absolute atomic E-state index is 13.3. The number of methoxy groups -OCH3 is 1. The Morgan fingerprint density at radius 2 is 1.80 bits per heavy atom. The summed E-state index contributed by atoms with van der Waals surface area (Å²) in [6.07, 6.45) is -3.51. The summed E-state index contributed by atoms with van der Waals surface area (Å²) in [5.74, 6) is -0.526. The lowest BCUT2D eigenvalue weighted by atomic mass is 10.1. The molecule has 7 nitrogen and oxygen atoms in total. The Labute approximate surface area is 204 Å². The minimum Gasteiger partial charge on any atom is -0.495 e. The molecule has 35 heavy (non-hydrogen) atoms. The van der Waals surface area contributed by atoms with Crippen LogP contribution in [0.25, 0.3) is 0 Å². The predicted octanol–water partition coefficient (Wildman–Crippen LogP) is 4.71. The minimum atomic E-state index is -4.53. The molecule has 184 valence electrons. The number of carbonyl (C=O) groups excluding carboxylic acids is 1. The van der Waals surface area contributed by atoms with Gasteiger partial charge in [0.1, 0.15) is 12.3 Å². The fourth-order valence-electron chi connectivity index (χ4n) is 2.99. The summed E-state index contributed by atoms with van der Waals surface area (Å²) < 4.78 is 71.1. The zero-order valence-electron chi connectivity index (χ0n) is 18.2. The quantitative estimate of drug-likeness (QED) is 0.341. The molecular formula is C23H19ClF3N3O4S. The number of nitrogens with one attached hydrogen (secondary N) is 1. The van der Waals surface area contributed by atoms with Crippen molar-refractivity contribution in [2.24, 2.45) is 5.10 Å². The van der Waals surface area contributed by atoms with Crippen molar-refractivity contribution < 1.29 is 31.1 Å². The van der Waals surface area contributed by atoms with Crippen molar-refractivity contribution in [1.29, 1.82) is 0 Å². The molecule has 0 aromatic heterocycles. The molecule has 0 unspecified atom stereocenters. The van der Waals surface area contributed by atoms with Crippen LogP contribution in [0.2, 0.25) is 5.02 Å². The second-order valence-corrected chi connectivity index (χ2v) is 9.33. The first kappa shape index (κ1) is 26.0. The Morgan fingerprint density at radius 3 is 2.43 bits per heavy atom. The van der Waals surface area contributed by atoms with Crippen LogP contribution < -0.4 is 14.5 Å².